The number of allylic oxidation sites excluding steroid dienone is 5. The zero-order valence-corrected chi connectivity index (χ0v) is 10.9. The first kappa shape index (κ1) is 12.4. The van der Waals surface area contributed by atoms with Crippen LogP contribution in [0.5, 0.6) is 0 Å². The van der Waals surface area contributed by atoms with Gasteiger partial charge in [0.2, 0.25) is 0 Å². The second-order valence-electron chi connectivity index (χ2n) is 4.06. The van der Waals surface area contributed by atoms with E-state index in [4.69, 9.17) is 9.16 Å². The molecule has 0 aliphatic heterocycles. The summed E-state index contributed by atoms with van der Waals surface area (Å²) in [4.78, 5) is 0. The molecule has 0 unspecified atom stereocenters. The van der Waals surface area contributed by atoms with E-state index in [-0.39, 0.29) is 0 Å². The summed E-state index contributed by atoms with van der Waals surface area (Å²) >= 11 is 0. The highest BCUT2D eigenvalue weighted by Gasteiger charge is 2.21. The Balaban J connectivity index is 2.46. The standard InChI is InChI=1S/C16H17O2/c1-12(13-7-5-4-6-8-13)15-10-9-14(17-2)11-16(15)18-3/h4-11H,1-3H3/q+1/b15-12-. The van der Waals surface area contributed by atoms with Crippen LogP contribution < -0.4 is 0 Å². The highest BCUT2D eigenvalue weighted by Crippen LogP contribution is 2.23. The van der Waals surface area contributed by atoms with Crippen LogP contribution in [0, 0.1) is 0 Å². The summed E-state index contributed by atoms with van der Waals surface area (Å²) in [5.74, 6) is 1.63. The summed E-state index contributed by atoms with van der Waals surface area (Å²) < 4.78 is 10.6. The Morgan fingerprint density at radius 3 is 2.44 bits per heavy atom. The zero-order chi connectivity index (χ0) is 13.0. The monoisotopic (exact) mass is 241 g/mol. The second-order valence-corrected chi connectivity index (χ2v) is 4.06. The third-order valence-electron chi connectivity index (χ3n) is 3.02. The summed E-state index contributed by atoms with van der Waals surface area (Å²) in [6, 6.07) is 10.3. The third kappa shape index (κ3) is 2.43. The molecule has 0 N–H and O–H groups in total. The fraction of sp³-hybridized carbons (Fsp3) is 0.188. The lowest BCUT2D eigenvalue weighted by atomic mass is 9.95. The molecule has 0 aromatic heterocycles. The lowest BCUT2D eigenvalue weighted by Crippen LogP contribution is -2.08. The van der Waals surface area contributed by atoms with Gasteiger partial charge in [0.1, 0.15) is 5.76 Å². The molecule has 92 valence electrons. The predicted molar refractivity (Wildman–Crippen MR) is 74.2 cm³/mol. The van der Waals surface area contributed by atoms with Crippen LogP contribution in [0.3, 0.4) is 0 Å². The predicted octanol–water partition coefficient (Wildman–Crippen LogP) is 3.29. The van der Waals surface area contributed by atoms with E-state index in [0.29, 0.717) is 0 Å². The molecule has 1 aromatic carbocycles. The largest absolute Gasteiger partial charge is 0.496 e. The van der Waals surface area contributed by atoms with E-state index in [1.165, 1.54) is 11.1 Å². The minimum Gasteiger partial charge on any atom is -0.496 e. The Morgan fingerprint density at radius 1 is 1.11 bits per heavy atom. The molecule has 0 radical (unpaired) electrons. The van der Waals surface area contributed by atoms with Crippen molar-refractivity contribution in [2.24, 2.45) is 0 Å². The first-order valence-corrected chi connectivity index (χ1v) is 5.87. The number of benzene rings is 1. The van der Waals surface area contributed by atoms with Crippen LogP contribution in [0.4, 0.5) is 0 Å². The second kappa shape index (κ2) is 5.50. The van der Waals surface area contributed by atoms with Crippen molar-refractivity contribution in [2.45, 2.75) is 6.92 Å². The minimum atomic E-state index is 0.802. The SMILES string of the molecule is COC1=CC(=[O+]C)/C(=C(/C)c2ccccc2)C=C1. The molecular weight excluding hydrogens is 224 g/mol. The van der Waals surface area contributed by atoms with Crippen molar-refractivity contribution in [2.75, 3.05) is 14.2 Å². The molecule has 0 atom stereocenters. The van der Waals surface area contributed by atoms with E-state index in [1.807, 2.05) is 36.4 Å². The summed E-state index contributed by atoms with van der Waals surface area (Å²) in [7, 11) is 3.33. The normalized spacial score (nSPS) is 19.7. The Kier molecular flexibility index (Phi) is 3.78. The highest BCUT2D eigenvalue weighted by molar-refractivity contribution is 6.13. The molecule has 18 heavy (non-hydrogen) atoms. The van der Waals surface area contributed by atoms with Crippen LogP contribution in [-0.4, -0.2) is 20.0 Å². The van der Waals surface area contributed by atoms with Crippen molar-refractivity contribution < 1.29 is 9.16 Å². The topological polar surface area (TPSA) is 20.5 Å². The number of hydrogen-bond acceptors (Lipinski definition) is 1. The van der Waals surface area contributed by atoms with Gasteiger partial charge in [-0.3, -0.25) is 4.42 Å². The first-order chi connectivity index (χ1) is 8.76. The summed E-state index contributed by atoms with van der Waals surface area (Å²) in [6.07, 6.45) is 5.88. The van der Waals surface area contributed by atoms with E-state index < -0.39 is 0 Å². The van der Waals surface area contributed by atoms with Crippen LogP contribution >= 0.6 is 0 Å². The molecule has 0 amide bonds. The van der Waals surface area contributed by atoms with Gasteiger partial charge in [-0.25, -0.2) is 0 Å². The molecule has 0 heterocycles. The molecule has 0 saturated carbocycles. The molecule has 1 aliphatic carbocycles. The average molecular weight is 241 g/mol. The third-order valence-corrected chi connectivity index (χ3v) is 3.02. The molecular formula is C16H17O2+. The van der Waals surface area contributed by atoms with Gasteiger partial charge in [-0.1, -0.05) is 30.3 Å². The van der Waals surface area contributed by atoms with E-state index in [0.717, 1.165) is 17.1 Å². The smallest absolute Gasteiger partial charge is 0.354 e. The summed E-state index contributed by atoms with van der Waals surface area (Å²) in [5, 5.41) is 0. The van der Waals surface area contributed by atoms with Gasteiger partial charge < -0.3 is 4.74 Å². The van der Waals surface area contributed by atoms with Crippen molar-refractivity contribution in [3.8, 4) is 0 Å². The Labute approximate surface area is 108 Å². The minimum absolute atomic E-state index is 0.802. The maximum absolute atomic E-state index is 5.43. The quantitative estimate of drug-likeness (QED) is 0.574. The number of hydrogen-bond donors (Lipinski definition) is 0. The van der Waals surface area contributed by atoms with E-state index in [1.54, 1.807) is 14.2 Å². The van der Waals surface area contributed by atoms with Gasteiger partial charge in [-0.05, 0) is 30.2 Å². The van der Waals surface area contributed by atoms with Gasteiger partial charge in [0.05, 0.1) is 18.8 Å². The number of methoxy groups -OCH3 is 1. The van der Waals surface area contributed by atoms with Crippen molar-refractivity contribution in [1.29, 1.82) is 0 Å². The molecule has 1 aromatic rings. The molecule has 0 fully saturated rings. The highest BCUT2D eigenvalue weighted by atomic mass is 16.5. The van der Waals surface area contributed by atoms with Gasteiger partial charge in [-0.2, -0.15) is 0 Å². The Bertz CT molecular complexity index is 546. The lowest BCUT2D eigenvalue weighted by molar-refractivity contribution is -0.418. The van der Waals surface area contributed by atoms with Crippen LogP contribution in [0.25, 0.3) is 5.57 Å². The van der Waals surface area contributed by atoms with Crippen molar-refractivity contribution in [3.05, 3.63) is 65.5 Å². The van der Waals surface area contributed by atoms with Gasteiger partial charge in [0.25, 0.3) is 7.11 Å². The lowest BCUT2D eigenvalue weighted by Gasteiger charge is -2.08. The van der Waals surface area contributed by atoms with Crippen molar-refractivity contribution in [1.82, 2.24) is 0 Å². The summed E-state index contributed by atoms with van der Waals surface area (Å²) in [6.45, 7) is 2.10. The number of rotatable bonds is 2. The van der Waals surface area contributed by atoms with Crippen LogP contribution in [0.2, 0.25) is 0 Å². The number of carbonyl (C=O) groups excluding carboxylic acids is 1. The molecule has 0 saturated heterocycles. The molecule has 2 rings (SSSR count). The van der Waals surface area contributed by atoms with E-state index >= 15 is 0 Å². The fourth-order valence-corrected chi connectivity index (χ4v) is 1.95. The zero-order valence-electron chi connectivity index (χ0n) is 10.9. The average Bonchev–Trinajstić information content (AvgIpc) is 2.46. The number of ether oxygens (including phenoxy) is 1. The molecule has 0 bridgehead atoms. The van der Waals surface area contributed by atoms with Gasteiger partial charge in [0, 0.05) is 0 Å². The maximum Gasteiger partial charge on any atom is 0.354 e. The van der Waals surface area contributed by atoms with Crippen LogP contribution in [-0.2, 0) is 9.16 Å². The van der Waals surface area contributed by atoms with Gasteiger partial charge >= 0.3 is 5.78 Å². The summed E-state index contributed by atoms with van der Waals surface area (Å²) in [5.41, 5.74) is 3.47. The Morgan fingerprint density at radius 2 is 1.83 bits per heavy atom. The van der Waals surface area contributed by atoms with Crippen LogP contribution in [0.15, 0.2) is 59.9 Å². The first-order valence-electron chi connectivity index (χ1n) is 5.87. The Hall–Kier alpha value is -2.09. The molecule has 0 spiro atoms. The maximum atomic E-state index is 5.43. The van der Waals surface area contributed by atoms with Crippen molar-refractivity contribution in [3.63, 3.8) is 0 Å². The molecule has 2 nitrogen and oxygen atoms in total. The molecule has 2 heteroatoms. The number of ketones is 1. The van der Waals surface area contributed by atoms with Gasteiger partial charge in [-0.15, -0.1) is 0 Å². The molecule has 1 aliphatic rings. The fourth-order valence-electron chi connectivity index (χ4n) is 1.95. The van der Waals surface area contributed by atoms with Crippen molar-refractivity contribution >= 4 is 11.4 Å². The van der Waals surface area contributed by atoms with Crippen LogP contribution in [0.1, 0.15) is 12.5 Å². The van der Waals surface area contributed by atoms with Gasteiger partial charge in [0.15, 0.2) is 0 Å². The van der Waals surface area contributed by atoms with E-state index in [2.05, 4.69) is 19.1 Å². The van der Waals surface area contributed by atoms with E-state index in [9.17, 15) is 0 Å².